The van der Waals surface area contributed by atoms with Crippen LogP contribution in [-0.4, -0.2) is 99.6 Å². The number of ether oxygens (including phenoxy) is 3. The van der Waals surface area contributed by atoms with Crippen molar-refractivity contribution in [3.05, 3.63) is 109 Å². The van der Waals surface area contributed by atoms with E-state index in [9.17, 15) is 35.1 Å². The molecule has 0 saturated carbocycles. The van der Waals surface area contributed by atoms with Gasteiger partial charge < -0.3 is 45.1 Å². The number of aliphatic hydroxyl groups is 5. The topological polar surface area (TPSA) is 175 Å². The molecule has 0 aromatic rings. The summed E-state index contributed by atoms with van der Waals surface area (Å²) in [6.07, 6.45) is 81.3. The Bertz CT molecular complexity index is 1900. The Labute approximate surface area is 558 Å². The molecule has 1 amide bonds. The SMILES string of the molecule is CC/C=C\C/C=C\C/C=C\C/C=C\C/C=C\CCCCCCCCCCCCCC(=O)OC1C(OCC(NC(=O)C(O)CCCCCCCCCCCCC/C=C\C/C=C\C/C=C\CCCCC)C(O)/C=C/CCCCCCCCCCC)OC(CO)C(O)C1O. The first-order valence-corrected chi connectivity index (χ1v) is 37.7. The summed E-state index contributed by atoms with van der Waals surface area (Å²) < 4.78 is 17.7. The van der Waals surface area contributed by atoms with Crippen LogP contribution in [0.2, 0.25) is 0 Å². The second-order valence-corrected chi connectivity index (χ2v) is 25.6. The third-order valence-electron chi connectivity index (χ3n) is 17.2. The lowest BCUT2D eigenvalue weighted by Crippen LogP contribution is -2.61. The van der Waals surface area contributed by atoms with Crippen molar-refractivity contribution in [2.24, 2.45) is 0 Å². The molecule has 8 atom stereocenters. The molecule has 1 saturated heterocycles. The number of hydrogen-bond acceptors (Lipinski definition) is 10. The van der Waals surface area contributed by atoms with Gasteiger partial charge in [-0.1, -0.05) is 316 Å². The van der Waals surface area contributed by atoms with E-state index in [1.165, 1.54) is 161 Å². The summed E-state index contributed by atoms with van der Waals surface area (Å²) in [5.74, 6) is -1.20. The first kappa shape index (κ1) is 85.3. The highest BCUT2D eigenvalue weighted by atomic mass is 16.7. The minimum Gasteiger partial charge on any atom is -0.454 e. The largest absolute Gasteiger partial charge is 0.454 e. The molecular weight excluding hydrogens is 1130 g/mol. The van der Waals surface area contributed by atoms with E-state index in [1.807, 2.05) is 6.08 Å². The minimum atomic E-state index is -1.62. The van der Waals surface area contributed by atoms with Crippen LogP contribution in [-0.2, 0) is 23.8 Å². The molecular formula is C80H139NO10. The van der Waals surface area contributed by atoms with Crippen molar-refractivity contribution in [1.82, 2.24) is 5.32 Å². The fourth-order valence-electron chi connectivity index (χ4n) is 11.3. The van der Waals surface area contributed by atoms with Crippen LogP contribution in [0.3, 0.4) is 0 Å². The molecule has 1 rings (SSSR count). The molecule has 524 valence electrons. The maximum Gasteiger partial charge on any atom is 0.306 e. The number of rotatable bonds is 64. The van der Waals surface area contributed by atoms with Gasteiger partial charge >= 0.3 is 5.97 Å². The zero-order valence-corrected chi connectivity index (χ0v) is 58.4. The highest BCUT2D eigenvalue weighted by Crippen LogP contribution is 2.26. The van der Waals surface area contributed by atoms with Crippen LogP contribution in [0, 0.1) is 0 Å². The number of aliphatic hydroxyl groups excluding tert-OH is 5. The maximum atomic E-state index is 13.5. The molecule has 0 aromatic heterocycles. The smallest absolute Gasteiger partial charge is 0.306 e. The van der Waals surface area contributed by atoms with Crippen molar-refractivity contribution in [1.29, 1.82) is 0 Å². The molecule has 11 heteroatoms. The Kier molecular flexibility index (Phi) is 62.2. The lowest BCUT2D eigenvalue weighted by atomic mass is 9.99. The van der Waals surface area contributed by atoms with E-state index >= 15 is 0 Å². The van der Waals surface area contributed by atoms with Crippen LogP contribution in [0.4, 0.5) is 0 Å². The Morgan fingerprint density at radius 3 is 1.21 bits per heavy atom. The van der Waals surface area contributed by atoms with Crippen LogP contribution in [0.15, 0.2) is 109 Å². The van der Waals surface area contributed by atoms with Gasteiger partial charge in [-0.2, -0.15) is 0 Å². The lowest BCUT2D eigenvalue weighted by molar-refractivity contribution is -0.305. The summed E-state index contributed by atoms with van der Waals surface area (Å²) in [6.45, 7) is 5.67. The molecule has 0 bridgehead atoms. The van der Waals surface area contributed by atoms with Gasteiger partial charge in [0.2, 0.25) is 5.91 Å². The van der Waals surface area contributed by atoms with E-state index in [4.69, 9.17) is 14.2 Å². The van der Waals surface area contributed by atoms with Gasteiger partial charge in [-0.3, -0.25) is 9.59 Å². The fourth-order valence-corrected chi connectivity index (χ4v) is 11.3. The fraction of sp³-hybridized carbons (Fsp3) is 0.750. The van der Waals surface area contributed by atoms with Gasteiger partial charge in [0, 0.05) is 6.42 Å². The van der Waals surface area contributed by atoms with Gasteiger partial charge in [-0.05, 0) is 109 Å². The molecule has 0 spiro atoms. The Hall–Kier alpha value is -3.68. The molecule has 6 N–H and O–H groups in total. The summed E-state index contributed by atoms with van der Waals surface area (Å²) in [5.41, 5.74) is 0. The Morgan fingerprint density at radius 1 is 0.440 bits per heavy atom. The third-order valence-corrected chi connectivity index (χ3v) is 17.2. The first-order chi connectivity index (χ1) is 44.7. The predicted octanol–water partition coefficient (Wildman–Crippen LogP) is 20.0. The van der Waals surface area contributed by atoms with Crippen LogP contribution in [0.25, 0.3) is 0 Å². The number of carbonyl (C=O) groups excluding carboxylic acids is 2. The number of hydrogen-bond donors (Lipinski definition) is 6. The van der Waals surface area contributed by atoms with E-state index in [0.717, 1.165) is 116 Å². The van der Waals surface area contributed by atoms with Gasteiger partial charge in [0.1, 0.15) is 24.4 Å². The van der Waals surface area contributed by atoms with Crippen molar-refractivity contribution in [2.75, 3.05) is 13.2 Å². The summed E-state index contributed by atoms with van der Waals surface area (Å²) in [7, 11) is 0. The van der Waals surface area contributed by atoms with Gasteiger partial charge in [0.05, 0.1) is 25.4 Å². The number of esters is 1. The zero-order valence-electron chi connectivity index (χ0n) is 58.4. The number of amides is 1. The molecule has 91 heavy (non-hydrogen) atoms. The van der Waals surface area contributed by atoms with Crippen molar-refractivity contribution < 1.29 is 49.3 Å². The molecule has 1 aliphatic rings. The summed E-state index contributed by atoms with van der Waals surface area (Å²) >= 11 is 0. The van der Waals surface area contributed by atoms with Crippen LogP contribution < -0.4 is 5.32 Å². The van der Waals surface area contributed by atoms with E-state index in [-0.39, 0.29) is 19.4 Å². The van der Waals surface area contributed by atoms with Crippen molar-refractivity contribution in [3.8, 4) is 0 Å². The zero-order chi connectivity index (χ0) is 66.0. The lowest BCUT2D eigenvalue weighted by Gasteiger charge is -2.41. The van der Waals surface area contributed by atoms with E-state index in [2.05, 4.69) is 123 Å². The van der Waals surface area contributed by atoms with E-state index in [1.54, 1.807) is 6.08 Å². The number of carbonyl (C=O) groups is 2. The number of allylic oxidation sites excluding steroid dienone is 17. The quantitative estimate of drug-likeness (QED) is 0.0195. The second-order valence-electron chi connectivity index (χ2n) is 25.6. The molecule has 0 aliphatic carbocycles. The normalized spacial score (nSPS) is 18.6. The van der Waals surface area contributed by atoms with Gasteiger partial charge in [0.25, 0.3) is 0 Å². The molecule has 0 radical (unpaired) electrons. The predicted molar refractivity (Wildman–Crippen MR) is 384 cm³/mol. The summed E-state index contributed by atoms with van der Waals surface area (Å²) in [6, 6.07) is -1.03. The maximum absolute atomic E-state index is 13.5. The highest BCUT2D eigenvalue weighted by Gasteiger charge is 2.47. The molecule has 1 heterocycles. The van der Waals surface area contributed by atoms with Crippen molar-refractivity contribution >= 4 is 11.9 Å². The van der Waals surface area contributed by atoms with Crippen LogP contribution >= 0.6 is 0 Å². The number of nitrogens with one attached hydrogen (secondary N) is 1. The monoisotopic (exact) mass is 1270 g/mol. The first-order valence-electron chi connectivity index (χ1n) is 37.7. The molecule has 0 aromatic carbocycles. The van der Waals surface area contributed by atoms with Crippen molar-refractivity contribution in [3.63, 3.8) is 0 Å². The highest BCUT2D eigenvalue weighted by molar-refractivity contribution is 5.80. The third kappa shape index (κ3) is 53.3. The minimum absolute atomic E-state index is 0.115. The van der Waals surface area contributed by atoms with Crippen LogP contribution in [0.1, 0.15) is 323 Å². The van der Waals surface area contributed by atoms with Gasteiger partial charge in [-0.25, -0.2) is 0 Å². The molecule has 1 aliphatic heterocycles. The van der Waals surface area contributed by atoms with Crippen LogP contribution in [0.5, 0.6) is 0 Å². The second kappa shape index (κ2) is 66.3. The summed E-state index contributed by atoms with van der Waals surface area (Å²) in [5, 5.41) is 57.3. The standard InChI is InChI=1S/C80H139NO10/c1-4-7-10-13-16-19-22-24-26-28-30-32-34-36-37-38-40-42-44-46-48-50-53-56-59-62-65-68-75(85)91-78-77(87)76(86)74(69-82)90-80(78)89-70-71(72(83)66-63-60-57-54-51-21-18-15-12-9-6-3)81-79(88)73(84)67-64-61-58-55-52-49-47-45-43-41-39-35-33-31-29-27-25-23-20-17-14-11-8-5-2/h7,10,16-17,19-20,24-27,30-33,36-37,63,66,71-74,76-78,80,82-84,86-87H,4-6,8-9,11-15,18,21-23,28-29,34-35,38-62,64-65,67-70H2,1-3H3,(H,81,88)/b10-7-,19-16-,20-17-,26-24-,27-25-,32-30-,33-31-,37-36-,66-63+. The average molecular weight is 1270 g/mol. The van der Waals surface area contributed by atoms with E-state index < -0.39 is 67.4 Å². The average Bonchev–Trinajstić information content (AvgIpc) is 1.14. The van der Waals surface area contributed by atoms with Crippen molar-refractivity contribution in [2.45, 2.75) is 372 Å². The molecule has 1 fully saturated rings. The Balaban J connectivity index is 2.52. The Morgan fingerprint density at radius 2 is 0.791 bits per heavy atom. The van der Waals surface area contributed by atoms with Gasteiger partial charge in [0.15, 0.2) is 12.4 Å². The van der Waals surface area contributed by atoms with Gasteiger partial charge in [-0.15, -0.1) is 0 Å². The molecule has 8 unspecified atom stereocenters. The van der Waals surface area contributed by atoms with E-state index in [0.29, 0.717) is 12.8 Å². The molecule has 11 nitrogen and oxygen atoms in total. The number of unbranched alkanes of at least 4 members (excludes halogenated alkanes) is 34. The summed E-state index contributed by atoms with van der Waals surface area (Å²) in [4.78, 5) is 26.7.